The van der Waals surface area contributed by atoms with Crippen LogP contribution in [-0.2, 0) is 13.6 Å². The molecule has 0 amide bonds. The van der Waals surface area contributed by atoms with E-state index < -0.39 is 0 Å². The van der Waals surface area contributed by atoms with E-state index in [-0.39, 0.29) is 5.82 Å². The van der Waals surface area contributed by atoms with E-state index in [1.807, 2.05) is 30.8 Å². The van der Waals surface area contributed by atoms with Crippen LogP contribution < -0.4 is 5.32 Å². The van der Waals surface area contributed by atoms with E-state index in [1.54, 1.807) is 12.3 Å². The van der Waals surface area contributed by atoms with Crippen LogP contribution in [0.25, 0.3) is 0 Å². The Hall–Kier alpha value is -1.33. The first-order valence-corrected chi connectivity index (χ1v) is 6.67. The molecule has 0 fully saturated rings. The molecule has 0 atom stereocenters. The lowest BCUT2D eigenvalue weighted by atomic mass is 10.2. The van der Waals surface area contributed by atoms with Crippen LogP contribution in [0.4, 0.5) is 4.39 Å². The van der Waals surface area contributed by atoms with Gasteiger partial charge in [-0.1, -0.05) is 24.8 Å². The number of rotatable bonds is 5. The number of imidazole rings is 1. The fourth-order valence-electron chi connectivity index (χ4n) is 1.60. The van der Waals surface area contributed by atoms with E-state index in [0.717, 1.165) is 16.6 Å². The Morgan fingerprint density at radius 2 is 2.28 bits per heavy atom. The van der Waals surface area contributed by atoms with Gasteiger partial charge in [0.15, 0.2) is 5.16 Å². The summed E-state index contributed by atoms with van der Waals surface area (Å²) in [6.45, 7) is 3.36. The van der Waals surface area contributed by atoms with Crippen LogP contribution in [0.2, 0.25) is 0 Å². The van der Waals surface area contributed by atoms with Gasteiger partial charge in [-0.15, -0.1) is 0 Å². The SMILES string of the molecule is CCNCc1c(F)cccc1Sc1nccn1C. The standard InChI is InChI=1S/C13H16FN3S/c1-3-15-9-10-11(14)5-4-6-12(10)18-13-16-7-8-17(13)2/h4-8,15H,3,9H2,1-2H3. The molecule has 0 spiro atoms. The summed E-state index contributed by atoms with van der Waals surface area (Å²) in [6.07, 6.45) is 3.62. The number of hydrogen-bond donors (Lipinski definition) is 1. The molecule has 96 valence electrons. The summed E-state index contributed by atoms with van der Waals surface area (Å²) >= 11 is 1.48. The second kappa shape index (κ2) is 6.02. The molecule has 2 aromatic rings. The number of benzene rings is 1. The Balaban J connectivity index is 2.26. The van der Waals surface area contributed by atoms with Gasteiger partial charge in [-0.05, 0) is 18.7 Å². The third kappa shape index (κ3) is 2.91. The highest BCUT2D eigenvalue weighted by Crippen LogP contribution is 2.30. The lowest BCUT2D eigenvalue weighted by Gasteiger charge is -2.10. The monoisotopic (exact) mass is 265 g/mol. The largest absolute Gasteiger partial charge is 0.329 e. The summed E-state index contributed by atoms with van der Waals surface area (Å²) < 4.78 is 15.7. The molecule has 1 N–H and O–H groups in total. The van der Waals surface area contributed by atoms with Gasteiger partial charge in [0.25, 0.3) is 0 Å². The van der Waals surface area contributed by atoms with Gasteiger partial charge in [-0.2, -0.15) is 0 Å². The quantitative estimate of drug-likeness (QED) is 0.901. The second-order valence-corrected chi connectivity index (χ2v) is 4.93. The first-order chi connectivity index (χ1) is 8.72. The highest BCUT2D eigenvalue weighted by molar-refractivity contribution is 7.99. The first-order valence-electron chi connectivity index (χ1n) is 5.85. The molecule has 0 saturated carbocycles. The number of halogens is 1. The third-order valence-corrected chi connectivity index (χ3v) is 3.78. The zero-order valence-corrected chi connectivity index (χ0v) is 11.3. The average Bonchev–Trinajstić information content (AvgIpc) is 2.74. The molecule has 1 aromatic carbocycles. The van der Waals surface area contributed by atoms with Crippen molar-refractivity contribution in [1.29, 1.82) is 0 Å². The molecule has 3 nitrogen and oxygen atoms in total. The summed E-state index contributed by atoms with van der Waals surface area (Å²) in [6, 6.07) is 5.15. The maximum Gasteiger partial charge on any atom is 0.172 e. The fraction of sp³-hybridized carbons (Fsp3) is 0.308. The average molecular weight is 265 g/mol. The minimum atomic E-state index is -0.171. The Bertz CT molecular complexity index is 525. The van der Waals surface area contributed by atoms with Crippen LogP contribution in [0.3, 0.4) is 0 Å². The molecule has 0 bridgehead atoms. The Kier molecular flexibility index (Phi) is 4.38. The molecule has 2 rings (SSSR count). The van der Waals surface area contributed by atoms with Crippen molar-refractivity contribution in [2.45, 2.75) is 23.5 Å². The number of hydrogen-bond acceptors (Lipinski definition) is 3. The second-order valence-electron chi connectivity index (χ2n) is 3.92. The maximum atomic E-state index is 13.8. The van der Waals surface area contributed by atoms with Gasteiger partial charge < -0.3 is 9.88 Å². The molecule has 0 aliphatic carbocycles. The Labute approximate surface area is 110 Å². The van der Waals surface area contributed by atoms with Crippen molar-refractivity contribution in [2.24, 2.45) is 7.05 Å². The van der Waals surface area contributed by atoms with E-state index in [9.17, 15) is 4.39 Å². The lowest BCUT2D eigenvalue weighted by molar-refractivity contribution is 0.585. The maximum absolute atomic E-state index is 13.8. The summed E-state index contributed by atoms with van der Waals surface area (Å²) in [5.74, 6) is -0.171. The van der Waals surface area contributed by atoms with E-state index >= 15 is 0 Å². The van der Waals surface area contributed by atoms with E-state index in [4.69, 9.17) is 0 Å². The van der Waals surface area contributed by atoms with Gasteiger partial charge in [0.1, 0.15) is 5.82 Å². The molecular formula is C13H16FN3S. The number of aromatic nitrogens is 2. The van der Waals surface area contributed by atoms with Crippen LogP contribution in [0.1, 0.15) is 12.5 Å². The van der Waals surface area contributed by atoms with Crippen molar-refractivity contribution >= 4 is 11.8 Å². The van der Waals surface area contributed by atoms with E-state index in [1.165, 1.54) is 17.8 Å². The zero-order chi connectivity index (χ0) is 13.0. The van der Waals surface area contributed by atoms with E-state index in [2.05, 4.69) is 10.3 Å². The zero-order valence-electron chi connectivity index (χ0n) is 10.5. The number of nitrogens with one attached hydrogen (secondary N) is 1. The van der Waals surface area contributed by atoms with Crippen LogP contribution in [0.5, 0.6) is 0 Å². The van der Waals surface area contributed by atoms with Crippen molar-refractivity contribution in [3.8, 4) is 0 Å². The van der Waals surface area contributed by atoms with Crippen molar-refractivity contribution < 1.29 is 4.39 Å². The molecular weight excluding hydrogens is 249 g/mol. The lowest BCUT2D eigenvalue weighted by Crippen LogP contribution is -2.13. The van der Waals surface area contributed by atoms with Crippen molar-refractivity contribution in [1.82, 2.24) is 14.9 Å². The normalized spacial score (nSPS) is 10.8. The number of aryl methyl sites for hydroxylation is 1. The topological polar surface area (TPSA) is 29.9 Å². The van der Waals surface area contributed by atoms with Crippen LogP contribution in [-0.4, -0.2) is 16.1 Å². The summed E-state index contributed by atoms with van der Waals surface area (Å²) in [7, 11) is 1.93. The molecule has 0 unspecified atom stereocenters. The summed E-state index contributed by atoms with van der Waals surface area (Å²) in [4.78, 5) is 5.15. The van der Waals surface area contributed by atoms with Gasteiger partial charge in [0, 0.05) is 36.4 Å². The van der Waals surface area contributed by atoms with Gasteiger partial charge in [-0.25, -0.2) is 9.37 Å². The van der Waals surface area contributed by atoms with Gasteiger partial charge in [0.2, 0.25) is 0 Å². The Morgan fingerprint density at radius 1 is 1.44 bits per heavy atom. The highest BCUT2D eigenvalue weighted by Gasteiger charge is 2.11. The molecule has 18 heavy (non-hydrogen) atoms. The third-order valence-electron chi connectivity index (χ3n) is 2.61. The fourth-order valence-corrected chi connectivity index (χ4v) is 2.56. The smallest absolute Gasteiger partial charge is 0.172 e. The molecule has 0 aliphatic heterocycles. The van der Waals surface area contributed by atoms with Crippen LogP contribution in [0, 0.1) is 5.82 Å². The predicted molar refractivity (Wildman–Crippen MR) is 71.1 cm³/mol. The van der Waals surface area contributed by atoms with Crippen molar-refractivity contribution in [3.05, 3.63) is 42.0 Å². The number of nitrogens with zero attached hydrogens (tertiary/aromatic N) is 2. The minimum Gasteiger partial charge on any atom is -0.329 e. The molecule has 0 saturated heterocycles. The van der Waals surface area contributed by atoms with Crippen LogP contribution in [0.15, 0.2) is 40.6 Å². The van der Waals surface area contributed by atoms with Gasteiger partial charge >= 0.3 is 0 Å². The molecule has 5 heteroatoms. The summed E-state index contributed by atoms with van der Waals surface area (Å²) in [5.41, 5.74) is 0.701. The predicted octanol–water partition coefficient (Wildman–Crippen LogP) is 2.82. The molecule has 1 aromatic heterocycles. The van der Waals surface area contributed by atoms with Gasteiger partial charge in [0.05, 0.1) is 0 Å². The van der Waals surface area contributed by atoms with Crippen molar-refractivity contribution in [3.63, 3.8) is 0 Å². The summed E-state index contributed by atoms with van der Waals surface area (Å²) in [5, 5.41) is 4.02. The molecule has 0 aliphatic rings. The van der Waals surface area contributed by atoms with Crippen LogP contribution >= 0.6 is 11.8 Å². The Morgan fingerprint density at radius 3 is 2.94 bits per heavy atom. The minimum absolute atomic E-state index is 0.171. The van der Waals surface area contributed by atoms with Crippen molar-refractivity contribution in [2.75, 3.05) is 6.54 Å². The first kappa shape index (κ1) is 13.1. The van der Waals surface area contributed by atoms with E-state index in [0.29, 0.717) is 12.1 Å². The molecule has 0 radical (unpaired) electrons. The van der Waals surface area contributed by atoms with Gasteiger partial charge in [-0.3, -0.25) is 0 Å². The molecule has 1 heterocycles. The highest BCUT2D eigenvalue weighted by atomic mass is 32.2.